The van der Waals surface area contributed by atoms with E-state index in [2.05, 4.69) is 54.2 Å². The number of aromatic amines is 1. The van der Waals surface area contributed by atoms with Crippen LogP contribution >= 0.6 is 0 Å². The highest BCUT2D eigenvalue weighted by atomic mass is 16.3. The Labute approximate surface area is 232 Å². The van der Waals surface area contributed by atoms with Crippen LogP contribution in [-0.2, 0) is 6.42 Å². The van der Waals surface area contributed by atoms with Crippen LogP contribution in [-0.4, -0.2) is 80.5 Å². The van der Waals surface area contributed by atoms with Gasteiger partial charge in [-0.2, -0.15) is 0 Å². The smallest absolute Gasteiger partial charge is 0.255 e. The van der Waals surface area contributed by atoms with Crippen LogP contribution in [0.15, 0.2) is 79.4 Å². The van der Waals surface area contributed by atoms with Crippen LogP contribution in [0.4, 0.5) is 5.69 Å². The van der Waals surface area contributed by atoms with Gasteiger partial charge in [0.15, 0.2) is 0 Å². The molecule has 9 nitrogen and oxygen atoms in total. The minimum atomic E-state index is -0.197. The SMILES string of the molecule is CN1CCN(CCc2ccc(NC(=O)c3ccc4nc(-c5cc(-c6cncnc6)ccc5O)[nH]c4c3)cc2)CC1. The van der Waals surface area contributed by atoms with Crippen LogP contribution in [0.2, 0.25) is 0 Å². The summed E-state index contributed by atoms with van der Waals surface area (Å²) in [7, 11) is 2.17. The number of imidazole rings is 1. The van der Waals surface area contributed by atoms with Gasteiger partial charge >= 0.3 is 0 Å². The van der Waals surface area contributed by atoms with E-state index in [4.69, 9.17) is 0 Å². The fraction of sp³-hybridized carbons (Fsp3) is 0.226. The molecule has 5 aromatic rings. The largest absolute Gasteiger partial charge is 0.507 e. The standard InChI is InChI=1S/C31H31N7O2/c1-37-12-14-38(15-13-37)11-10-21-2-6-25(7-3-21)34-31(40)23-4-8-27-28(17-23)36-30(35-27)26-16-22(5-9-29(26)39)24-18-32-20-33-19-24/h2-9,16-20,39H,10-15H2,1H3,(H,34,40)(H,35,36). The third-order valence-corrected chi connectivity index (χ3v) is 7.41. The lowest BCUT2D eigenvalue weighted by atomic mass is 10.0. The number of hydrogen-bond acceptors (Lipinski definition) is 7. The van der Waals surface area contributed by atoms with E-state index < -0.39 is 0 Å². The second-order valence-corrected chi connectivity index (χ2v) is 10.2. The molecule has 0 atom stereocenters. The van der Waals surface area contributed by atoms with Crippen LogP contribution in [0, 0.1) is 0 Å². The van der Waals surface area contributed by atoms with Crippen molar-refractivity contribution in [2.45, 2.75) is 6.42 Å². The van der Waals surface area contributed by atoms with Gasteiger partial charge in [-0.3, -0.25) is 4.79 Å². The zero-order valence-corrected chi connectivity index (χ0v) is 22.3. The zero-order valence-electron chi connectivity index (χ0n) is 22.3. The lowest BCUT2D eigenvalue weighted by Gasteiger charge is -2.32. The van der Waals surface area contributed by atoms with Gasteiger partial charge < -0.3 is 25.2 Å². The van der Waals surface area contributed by atoms with Gasteiger partial charge in [-0.25, -0.2) is 15.0 Å². The second-order valence-electron chi connectivity index (χ2n) is 10.2. The number of benzene rings is 3. The lowest BCUT2D eigenvalue weighted by molar-refractivity contribution is 0.102. The molecular formula is C31H31N7O2. The summed E-state index contributed by atoms with van der Waals surface area (Å²) in [5.41, 5.74) is 6.18. The molecule has 0 saturated carbocycles. The number of phenolic OH excluding ortho intramolecular Hbond substituents is 1. The summed E-state index contributed by atoms with van der Waals surface area (Å²) in [5, 5.41) is 13.5. The van der Waals surface area contributed by atoms with Gasteiger partial charge in [0.05, 0.1) is 16.6 Å². The summed E-state index contributed by atoms with van der Waals surface area (Å²) in [4.78, 5) is 33.9. The molecule has 1 saturated heterocycles. The highest BCUT2D eigenvalue weighted by molar-refractivity contribution is 6.06. The number of carbonyl (C=O) groups excluding carboxylic acids is 1. The number of anilines is 1. The van der Waals surface area contributed by atoms with E-state index in [1.165, 1.54) is 11.9 Å². The molecule has 0 bridgehead atoms. The average molecular weight is 534 g/mol. The van der Waals surface area contributed by atoms with Crippen molar-refractivity contribution < 1.29 is 9.90 Å². The summed E-state index contributed by atoms with van der Waals surface area (Å²) in [5.74, 6) is 0.415. The third kappa shape index (κ3) is 5.70. The second kappa shape index (κ2) is 11.3. The van der Waals surface area contributed by atoms with Crippen LogP contribution in [0.5, 0.6) is 5.75 Å². The first-order valence-electron chi connectivity index (χ1n) is 13.4. The Morgan fingerprint density at radius 1 is 0.950 bits per heavy atom. The molecule has 0 spiro atoms. The maximum Gasteiger partial charge on any atom is 0.255 e. The molecule has 6 rings (SSSR count). The molecule has 3 N–H and O–H groups in total. The van der Waals surface area contributed by atoms with E-state index in [-0.39, 0.29) is 11.7 Å². The predicted molar refractivity (Wildman–Crippen MR) is 156 cm³/mol. The Bertz CT molecular complexity index is 1630. The summed E-state index contributed by atoms with van der Waals surface area (Å²) in [6.07, 6.45) is 5.90. The van der Waals surface area contributed by atoms with Gasteiger partial charge in [0, 0.05) is 61.9 Å². The Kier molecular flexibility index (Phi) is 7.22. The number of rotatable bonds is 7. The number of aromatic hydroxyl groups is 1. The van der Waals surface area contributed by atoms with E-state index in [1.807, 2.05) is 24.3 Å². The van der Waals surface area contributed by atoms with Crippen molar-refractivity contribution >= 4 is 22.6 Å². The van der Waals surface area contributed by atoms with Crippen molar-refractivity contribution in [3.05, 3.63) is 90.5 Å². The van der Waals surface area contributed by atoms with E-state index in [1.54, 1.807) is 36.7 Å². The first-order chi connectivity index (χ1) is 19.5. The molecule has 3 aromatic carbocycles. The van der Waals surface area contributed by atoms with Gasteiger partial charge in [0.1, 0.15) is 17.9 Å². The van der Waals surface area contributed by atoms with Gasteiger partial charge in [-0.1, -0.05) is 18.2 Å². The molecule has 1 aliphatic heterocycles. The topological polar surface area (TPSA) is 110 Å². The number of nitrogens with zero attached hydrogens (tertiary/aromatic N) is 5. The number of aromatic nitrogens is 4. The molecule has 0 aliphatic carbocycles. The Hall–Kier alpha value is -4.60. The molecule has 1 aliphatic rings. The molecule has 1 fully saturated rings. The summed E-state index contributed by atoms with van der Waals surface area (Å²) < 4.78 is 0. The Balaban J connectivity index is 1.13. The van der Waals surface area contributed by atoms with Crippen LogP contribution < -0.4 is 5.32 Å². The summed E-state index contributed by atoms with van der Waals surface area (Å²) in [6.45, 7) is 5.52. The maximum absolute atomic E-state index is 13.0. The molecule has 40 heavy (non-hydrogen) atoms. The van der Waals surface area contributed by atoms with Crippen LogP contribution in [0.25, 0.3) is 33.5 Å². The van der Waals surface area contributed by atoms with E-state index in [9.17, 15) is 9.90 Å². The fourth-order valence-electron chi connectivity index (χ4n) is 4.95. The Morgan fingerprint density at radius 2 is 1.73 bits per heavy atom. The van der Waals surface area contributed by atoms with Crippen molar-refractivity contribution in [3.8, 4) is 28.3 Å². The normalized spacial score (nSPS) is 14.4. The fourth-order valence-corrected chi connectivity index (χ4v) is 4.95. The number of H-pyrrole nitrogens is 1. The highest BCUT2D eigenvalue weighted by Crippen LogP contribution is 2.33. The van der Waals surface area contributed by atoms with Gasteiger partial charge in [-0.15, -0.1) is 0 Å². The third-order valence-electron chi connectivity index (χ3n) is 7.41. The minimum Gasteiger partial charge on any atom is -0.507 e. The first-order valence-corrected chi connectivity index (χ1v) is 13.4. The van der Waals surface area contributed by atoms with E-state index in [0.29, 0.717) is 28.0 Å². The number of hydrogen-bond donors (Lipinski definition) is 3. The van der Waals surface area contributed by atoms with Gasteiger partial charge in [0.2, 0.25) is 0 Å². The average Bonchev–Trinajstić information content (AvgIpc) is 3.42. The molecule has 3 heterocycles. The summed E-state index contributed by atoms with van der Waals surface area (Å²) in [6, 6.07) is 18.7. The van der Waals surface area contributed by atoms with E-state index in [0.717, 1.165) is 56.0 Å². The quantitative estimate of drug-likeness (QED) is 0.284. The molecule has 2 aromatic heterocycles. The van der Waals surface area contributed by atoms with Crippen LogP contribution in [0.3, 0.4) is 0 Å². The molecule has 0 radical (unpaired) electrons. The van der Waals surface area contributed by atoms with Crippen molar-refractivity contribution in [3.63, 3.8) is 0 Å². The van der Waals surface area contributed by atoms with Crippen molar-refractivity contribution in [1.29, 1.82) is 0 Å². The monoisotopic (exact) mass is 533 g/mol. The summed E-state index contributed by atoms with van der Waals surface area (Å²) >= 11 is 0. The first kappa shape index (κ1) is 25.7. The minimum absolute atomic E-state index is 0.101. The molecule has 202 valence electrons. The molecule has 1 amide bonds. The number of nitrogens with one attached hydrogen (secondary N) is 2. The molecule has 0 unspecified atom stereocenters. The van der Waals surface area contributed by atoms with Crippen molar-refractivity contribution in [2.75, 3.05) is 45.1 Å². The lowest BCUT2D eigenvalue weighted by Crippen LogP contribution is -2.45. The highest BCUT2D eigenvalue weighted by Gasteiger charge is 2.15. The van der Waals surface area contributed by atoms with Crippen molar-refractivity contribution in [1.82, 2.24) is 29.7 Å². The molecule has 9 heteroatoms. The van der Waals surface area contributed by atoms with Gasteiger partial charge in [-0.05, 0) is 67.1 Å². The molecular weight excluding hydrogens is 502 g/mol. The number of likely N-dealkylation sites (N-methyl/N-ethyl adjacent to an activating group) is 1. The van der Waals surface area contributed by atoms with Gasteiger partial charge in [0.25, 0.3) is 5.91 Å². The van der Waals surface area contributed by atoms with Crippen molar-refractivity contribution in [2.24, 2.45) is 0 Å². The number of fused-ring (bicyclic) bond motifs is 1. The van der Waals surface area contributed by atoms with Crippen LogP contribution in [0.1, 0.15) is 15.9 Å². The predicted octanol–water partition coefficient (Wildman–Crippen LogP) is 4.43. The Morgan fingerprint density at radius 3 is 2.50 bits per heavy atom. The zero-order chi connectivity index (χ0) is 27.5. The number of carbonyl (C=O) groups is 1. The number of phenols is 1. The maximum atomic E-state index is 13.0. The number of piperazine rings is 1. The number of amides is 1. The van der Waals surface area contributed by atoms with E-state index >= 15 is 0 Å².